The molecule has 0 fully saturated rings. The van der Waals surface area contributed by atoms with Crippen LogP contribution in [0.2, 0.25) is 0 Å². The van der Waals surface area contributed by atoms with Gasteiger partial charge in [0, 0.05) is 5.39 Å². The van der Waals surface area contributed by atoms with Crippen LogP contribution in [-0.4, -0.2) is 17.5 Å². The molecule has 2 N–H and O–H groups in total. The first-order valence-electron chi connectivity index (χ1n) is 6.77. The number of hydrogen-bond acceptors (Lipinski definition) is 3. The maximum absolute atomic E-state index is 11.0. The molecule has 0 bridgehead atoms. The summed E-state index contributed by atoms with van der Waals surface area (Å²) in [6.45, 7) is 6.92. The lowest BCUT2D eigenvalue weighted by Crippen LogP contribution is -2.14. The Hall–Kier alpha value is -2.10. The van der Waals surface area contributed by atoms with Crippen LogP contribution in [0.4, 0.5) is 0 Å². The first-order chi connectivity index (χ1) is 9.45. The summed E-state index contributed by atoms with van der Waals surface area (Å²) in [5.74, 6) is 0.967. The molecule has 0 aliphatic heterocycles. The summed E-state index contributed by atoms with van der Waals surface area (Å²) in [6.07, 6.45) is 0.169. The smallest absolute Gasteiger partial charge is 0.223 e. The molecule has 4 nitrogen and oxygen atoms in total. The maximum Gasteiger partial charge on any atom is 0.223 e. The van der Waals surface area contributed by atoms with E-state index in [1.54, 1.807) is 0 Å². The zero-order valence-electron chi connectivity index (χ0n) is 12.1. The Morgan fingerprint density at radius 3 is 2.75 bits per heavy atom. The number of primary amides is 1. The van der Waals surface area contributed by atoms with Gasteiger partial charge in [-0.2, -0.15) is 0 Å². The molecule has 1 aromatic heterocycles. The minimum absolute atomic E-state index is 0.169. The zero-order chi connectivity index (χ0) is 14.7. The zero-order valence-corrected chi connectivity index (χ0v) is 12.1. The number of rotatable bonds is 5. The summed E-state index contributed by atoms with van der Waals surface area (Å²) in [6, 6.07) is 7.72. The second-order valence-electron chi connectivity index (χ2n) is 5.46. The number of aryl methyl sites for hydroxylation is 1. The van der Waals surface area contributed by atoms with Gasteiger partial charge in [-0.3, -0.25) is 9.78 Å². The van der Waals surface area contributed by atoms with Gasteiger partial charge in [-0.05, 0) is 42.7 Å². The van der Waals surface area contributed by atoms with Crippen molar-refractivity contribution in [2.24, 2.45) is 11.7 Å². The first kappa shape index (κ1) is 14.3. The number of nitrogens with two attached hydrogens (primary N) is 1. The highest BCUT2D eigenvalue weighted by Crippen LogP contribution is 2.23. The van der Waals surface area contributed by atoms with E-state index in [2.05, 4.69) is 18.8 Å². The van der Waals surface area contributed by atoms with E-state index in [0.29, 0.717) is 18.2 Å². The molecule has 0 aliphatic rings. The number of hydrogen-bond donors (Lipinski definition) is 1. The summed E-state index contributed by atoms with van der Waals surface area (Å²) in [5, 5.41) is 1.04. The molecule has 1 aromatic carbocycles. The topological polar surface area (TPSA) is 65.2 Å². The number of nitrogens with zero attached hydrogens (tertiary/aromatic N) is 1. The average Bonchev–Trinajstić information content (AvgIpc) is 2.35. The normalized spacial score (nSPS) is 11.0. The van der Waals surface area contributed by atoms with Crippen molar-refractivity contribution in [1.29, 1.82) is 0 Å². The highest BCUT2D eigenvalue weighted by atomic mass is 16.5. The van der Waals surface area contributed by atoms with Crippen LogP contribution in [0.3, 0.4) is 0 Å². The Labute approximate surface area is 119 Å². The lowest BCUT2D eigenvalue weighted by Gasteiger charge is -2.11. The fourth-order valence-electron chi connectivity index (χ4n) is 2.06. The molecule has 2 aromatic rings. The largest absolute Gasteiger partial charge is 0.493 e. The minimum Gasteiger partial charge on any atom is -0.493 e. The van der Waals surface area contributed by atoms with E-state index in [4.69, 9.17) is 10.5 Å². The number of carbonyl (C=O) groups is 1. The molecule has 0 radical (unpaired) electrons. The van der Waals surface area contributed by atoms with Gasteiger partial charge in [0.2, 0.25) is 5.91 Å². The predicted molar refractivity (Wildman–Crippen MR) is 79.7 cm³/mol. The molecule has 106 valence electrons. The van der Waals surface area contributed by atoms with E-state index >= 15 is 0 Å². The van der Waals surface area contributed by atoms with Crippen molar-refractivity contribution in [1.82, 2.24) is 4.98 Å². The van der Waals surface area contributed by atoms with E-state index < -0.39 is 0 Å². The third-order valence-electron chi connectivity index (χ3n) is 2.98. The summed E-state index contributed by atoms with van der Waals surface area (Å²) < 4.78 is 5.72. The summed E-state index contributed by atoms with van der Waals surface area (Å²) in [4.78, 5) is 15.4. The van der Waals surface area contributed by atoms with E-state index in [1.807, 2.05) is 31.2 Å². The fourth-order valence-corrected chi connectivity index (χ4v) is 2.06. The van der Waals surface area contributed by atoms with Crippen LogP contribution >= 0.6 is 0 Å². The predicted octanol–water partition coefficient (Wildman–Crippen LogP) is 2.61. The SMILES string of the molecule is Cc1cc(CC(N)=O)nc2ccc(OCC(C)C)cc12. The van der Waals surface area contributed by atoms with E-state index in [1.165, 1.54) is 0 Å². The van der Waals surface area contributed by atoms with Crippen LogP contribution in [-0.2, 0) is 11.2 Å². The van der Waals surface area contributed by atoms with Crippen LogP contribution in [0.25, 0.3) is 10.9 Å². The van der Waals surface area contributed by atoms with Crippen molar-refractivity contribution in [2.45, 2.75) is 27.2 Å². The van der Waals surface area contributed by atoms with Crippen LogP contribution in [0.5, 0.6) is 5.75 Å². The number of amides is 1. The van der Waals surface area contributed by atoms with Gasteiger partial charge in [-0.15, -0.1) is 0 Å². The Kier molecular flexibility index (Phi) is 4.23. The number of aromatic nitrogens is 1. The van der Waals surface area contributed by atoms with Crippen molar-refractivity contribution in [3.05, 3.63) is 35.5 Å². The Balaban J connectivity index is 2.33. The molecule has 0 unspecified atom stereocenters. The molecule has 2 rings (SSSR count). The van der Waals surface area contributed by atoms with Crippen molar-refractivity contribution in [3.63, 3.8) is 0 Å². The van der Waals surface area contributed by atoms with Gasteiger partial charge in [0.1, 0.15) is 5.75 Å². The number of ether oxygens (including phenoxy) is 1. The lowest BCUT2D eigenvalue weighted by atomic mass is 10.1. The molecule has 1 heterocycles. The van der Waals surface area contributed by atoms with Crippen LogP contribution in [0.15, 0.2) is 24.3 Å². The highest BCUT2D eigenvalue weighted by molar-refractivity contribution is 5.84. The van der Waals surface area contributed by atoms with Gasteiger partial charge in [0.25, 0.3) is 0 Å². The number of carbonyl (C=O) groups excluding carboxylic acids is 1. The first-order valence-corrected chi connectivity index (χ1v) is 6.77. The van der Waals surface area contributed by atoms with Gasteiger partial charge in [-0.25, -0.2) is 0 Å². The summed E-state index contributed by atoms with van der Waals surface area (Å²) >= 11 is 0. The second-order valence-corrected chi connectivity index (χ2v) is 5.46. The van der Waals surface area contributed by atoms with E-state index in [9.17, 15) is 4.79 Å². The minimum atomic E-state index is -0.367. The van der Waals surface area contributed by atoms with Crippen LogP contribution in [0.1, 0.15) is 25.1 Å². The Bertz CT molecular complexity index is 636. The van der Waals surface area contributed by atoms with Crippen LogP contribution < -0.4 is 10.5 Å². The maximum atomic E-state index is 11.0. The molecule has 0 spiro atoms. The molecule has 4 heteroatoms. The highest BCUT2D eigenvalue weighted by Gasteiger charge is 2.07. The van der Waals surface area contributed by atoms with Crippen LogP contribution in [0, 0.1) is 12.8 Å². The Morgan fingerprint density at radius 2 is 2.10 bits per heavy atom. The van der Waals surface area contributed by atoms with Crippen molar-refractivity contribution >= 4 is 16.8 Å². The summed E-state index contributed by atoms with van der Waals surface area (Å²) in [5.41, 5.74) is 7.85. The average molecular weight is 272 g/mol. The fraction of sp³-hybridized carbons (Fsp3) is 0.375. The lowest BCUT2D eigenvalue weighted by molar-refractivity contribution is -0.117. The summed E-state index contributed by atoms with van der Waals surface area (Å²) in [7, 11) is 0. The molecule has 0 aliphatic carbocycles. The molecule has 0 atom stereocenters. The third kappa shape index (κ3) is 3.47. The monoisotopic (exact) mass is 272 g/mol. The molecule has 1 amide bonds. The molecule has 20 heavy (non-hydrogen) atoms. The van der Waals surface area contributed by atoms with Gasteiger partial charge in [0.15, 0.2) is 0 Å². The quantitative estimate of drug-likeness (QED) is 0.909. The van der Waals surface area contributed by atoms with Gasteiger partial charge < -0.3 is 10.5 Å². The molecule has 0 saturated heterocycles. The van der Waals surface area contributed by atoms with Crippen molar-refractivity contribution in [3.8, 4) is 5.75 Å². The van der Waals surface area contributed by atoms with E-state index in [-0.39, 0.29) is 12.3 Å². The molecular formula is C16H20N2O2. The van der Waals surface area contributed by atoms with E-state index in [0.717, 1.165) is 22.2 Å². The third-order valence-corrected chi connectivity index (χ3v) is 2.98. The van der Waals surface area contributed by atoms with Gasteiger partial charge >= 0.3 is 0 Å². The Morgan fingerprint density at radius 1 is 1.35 bits per heavy atom. The van der Waals surface area contributed by atoms with Crippen molar-refractivity contribution in [2.75, 3.05) is 6.61 Å². The molecular weight excluding hydrogens is 252 g/mol. The van der Waals surface area contributed by atoms with Gasteiger partial charge in [-0.1, -0.05) is 13.8 Å². The standard InChI is InChI=1S/C16H20N2O2/c1-10(2)9-20-13-4-5-15-14(8-13)11(3)6-12(18-15)7-16(17)19/h4-6,8,10H,7,9H2,1-3H3,(H2,17,19). The molecule has 0 saturated carbocycles. The van der Waals surface area contributed by atoms with Gasteiger partial charge in [0.05, 0.1) is 24.2 Å². The van der Waals surface area contributed by atoms with Crippen molar-refractivity contribution < 1.29 is 9.53 Å². The number of benzene rings is 1. The second kappa shape index (κ2) is 5.90. The number of pyridine rings is 1. The number of fused-ring (bicyclic) bond motifs is 1.